The highest BCUT2D eigenvalue weighted by Gasteiger charge is 2.08. The quantitative estimate of drug-likeness (QED) is 0.600. The van der Waals surface area contributed by atoms with Gasteiger partial charge in [0.15, 0.2) is 6.61 Å². The van der Waals surface area contributed by atoms with Crippen LogP contribution >= 0.6 is 0 Å². The van der Waals surface area contributed by atoms with E-state index in [2.05, 4.69) is 19.2 Å². The number of hydrogen-bond acceptors (Lipinski definition) is 4. The molecule has 0 aliphatic heterocycles. The van der Waals surface area contributed by atoms with Crippen LogP contribution in [0.15, 0.2) is 33.5 Å². The van der Waals surface area contributed by atoms with Gasteiger partial charge in [-0.15, -0.1) is 0 Å². The minimum Gasteiger partial charge on any atom is -0.484 e. The minimum absolute atomic E-state index is 0.0475. The van der Waals surface area contributed by atoms with Crippen LogP contribution in [-0.2, 0) is 11.2 Å². The van der Waals surface area contributed by atoms with Gasteiger partial charge in [-0.05, 0) is 30.5 Å². The van der Waals surface area contributed by atoms with Crippen molar-refractivity contribution in [3.05, 3.63) is 40.2 Å². The Morgan fingerprint density at radius 2 is 2.04 bits per heavy atom. The monoisotopic (exact) mass is 317 g/mol. The second-order valence-corrected chi connectivity index (χ2v) is 5.49. The fourth-order valence-corrected chi connectivity index (χ4v) is 2.38. The number of ether oxygens (including phenoxy) is 1. The summed E-state index contributed by atoms with van der Waals surface area (Å²) in [5, 5.41) is 3.70. The molecule has 0 atom stereocenters. The summed E-state index contributed by atoms with van der Waals surface area (Å²) in [4.78, 5) is 23.3. The molecular weight excluding hydrogens is 294 g/mol. The summed E-state index contributed by atoms with van der Waals surface area (Å²) in [7, 11) is 0. The van der Waals surface area contributed by atoms with Gasteiger partial charge < -0.3 is 14.5 Å². The summed E-state index contributed by atoms with van der Waals surface area (Å²) in [6.07, 6.45) is 3.76. The van der Waals surface area contributed by atoms with Gasteiger partial charge in [0.1, 0.15) is 11.3 Å². The SMILES string of the molecule is CCCCNC(=O)COc1ccc2c(CCC)cc(=O)oc2c1. The number of nitrogens with one attached hydrogen (secondary N) is 1. The standard InChI is InChI=1S/C18H23NO4/c1-3-5-9-19-17(20)12-22-14-7-8-15-13(6-4-2)10-18(21)23-16(15)11-14/h7-8,10-11H,3-6,9,12H2,1-2H3,(H,19,20). The number of rotatable bonds is 8. The van der Waals surface area contributed by atoms with Crippen molar-refractivity contribution in [2.24, 2.45) is 0 Å². The van der Waals surface area contributed by atoms with E-state index in [1.807, 2.05) is 6.07 Å². The highest BCUT2D eigenvalue weighted by atomic mass is 16.5. The van der Waals surface area contributed by atoms with Gasteiger partial charge in [0.2, 0.25) is 0 Å². The number of unbranched alkanes of at least 4 members (excludes halogenated alkanes) is 1. The summed E-state index contributed by atoms with van der Waals surface area (Å²) in [5.74, 6) is 0.361. The number of benzene rings is 1. The van der Waals surface area contributed by atoms with Crippen molar-refractivity contribution in [1.29, 1.82) is 0 Å². The first kappa shape index (κ1) is 17.1. The van der Waals surface area contributed by atoms with E-state index in [1.54, 1.807) is 12.1 Å². The Morgan fingerprint density at radius 3 is 2.78 bits per heavy atom. The van der Waals surface area contributed by atoms with Crippen LogP contribution in [-0.4, -0.2) is 19.1 Å². The molecule has 2 rings (SSSR count). The smallest absolute Gasteiger partial charge is 0.336 e. The molecule has 0 aliphatic rings. The zero-order chi connectivity index (χ0) is 16.7. The molecule has 1 aromatic carbocycles. The second-order valence-electron chi connectivity index (χ2n) is 5.49. The first-order valence-corrected chi connectivity index (χ1v) is 8.10. The third-order valence-electron chi connectivity index (χ3n) is 3.54. The topological polar surface area (TPSA) is 68.5 Å². The van der Waals surface area contributed by atoms with Crippen LogP contribution in [0.3, 0.4) is 0 Å². The summed E-state index contributed by atoms with van der Waals surface area (Å²) >= 11 is 0. The number of aryl methyl sites for hydroxylation is 1. The van der Waals surface area contributed by atoms with Crippen molar-refractivity contribution >= 4 is 16.9 Å². The summed E-state index contributed by atoms with van der Waals surface area (Å²) in [6, 6.07) is 6.86. The number of carbonyl (C=O) groups excluding carboxylic acids is 1. The van der Waals surface area contributed by atoms with E-state index >= 15 is 0 Å². The molecule has 1 aromatic heterocycles. The molecule has 1 N–H and O–H groups in total. The number of carbonyl (C=O) groups is 1. The zero-order valence-corrected chi connectivity index (χ0v) is 13.7. The van der Waals surface area contributed by atoms with Gasteiger partial charge in [-0.3, -0.25) is 4.79 Å². The van der Waals surface area contributed by atoms with Crippen LogP contribution in [0.5, 0.6) is 5.75 Å². The molecule has 0 spiro atoms. The maximum atomic E-state index is 11.6. The van der Waals surface area contributed by atoms with E-state index in [0.29, 0.717) is 17.9 Å². The molecule has 0 unspecified atom stereocenters. The maximum absolute atomic E-state index is 11.6. The van der Waals surface area contributed by atoms with Crippen molar-refractivity contribution < 1.29 is 13.9 Å². The van der Waals surface area contributed by atoms with Crippen molar-refractivity contribution in [3.63, 3.8) is 0 Å². The molecule has 23 heavy (non-hydrogen) atoms. The summed E-state index contributed by atoms with van der Waals surface area (Å²) in [5.41, 5.74) is 1.10. The normalized spacial score (nSPS) is 10.7. The Kier molecular flexibility index (Phi) is 6.20. The number of fused-ring (bicyclic) bond motifs is 1. The molecule has 2 aromatic rings. The third kappa shape index (κ3) is 4.84. The lowest BCUT2D eigenvalue weighted by molar-refractivity contribution is -0.123. The molecule has 1 heterocycles. The van der Waals surface area contributed by atoms with E-state index in [4.69, 9.17) is 9.15 Å². The van der Waals surface area contributed by atoms with Crippen molar-refractivity contribution in [1.82, 2.24) is 5.32 Å². The Balaban J connectivity index is 2.08. The summed E-state index contributed by atoms with van der Waals surface area (Å²) < 4.78 is 10.7. The van der Waals surface area contributed by atoms with Gasteiger partial charge in [0.05, 0.1) is 0 Å². The molecule has 0 bridgehead atoms. The van der Waals surface area contributed by atoms with Gasteiger partial charge >= 0.3 is 5.63 Å². The lowest BCUT2D eigenvalue weighted by atomic mass is 10.1. The molecule has 0 aliphatic carbocycles. The Bertz CT molecular complexity index is 721. The second kappa shape index (κ2) is 8.36. The zero-order valence-electron chi connectivity index (χ0n) is 13.7. The lowest BCUT2D eigenvalue weighted by Gasteiger charge is -2.09. The van der Waals surface area contributed by atoms with Crippen molar-refractivity contribution in [2.45, 2.75) is 39.5 Å². The average molecular weight is 317 g/mol. The Morgan fingerprint density at radius 1 is 1.22 bits per heavy atom. The predicted octanol–water partition coefficient (Wildman–Crippen LogP) is 3.04. The van der Waals surface area contributed by atoms with E-state index < -0.39 is 0 Å². The maximum Gasteiger partial charge on any atom is 0.336 e. The van der Waals surface area contributed by atoms with Gasteiger partial charge in [-0.25, -0.2) is 4.79 Å². The van der Waals surface area contributed by atoms with Crippen LogP contribution in [0.1, 0.15) is 38.7 Å². The third-order valence-corrected chi connectivity index (χ3v) is 3.54. The van der Waals surface area contributed by atoms with Crippen LogP contribution < -0.4 is 15.7 Å². The van der Waals surface area contributed by atoms with Gasteiger partial charge in [-0.2, -0.15) is 0 Å². The fraction of sp³-hybridized carbons (Fsp3) is 0.444. The highest BCUT2D eigenvalue weighted by molar-refractivity contribution is 5.82. The number of hydrogen-bond donors (Lipinski definition) is 1. The average Bonchev–Trinajstić information content (AvgIpc) is 2.53. The number of amides is 1. The van der Waals surface area contributed by atoms with Crippen molar-refractivity contribution in [3.8, 4) is 5.75 Å². The Hall–Kier alpha value is -2.30. The first-order chi connectivity index (χ1) is 11.1. The van der Waals surface area contributed by atoms with Crippen LogP contribution in [0.2, 0.25) is 0 Å². The van der Waals surface area contributed by atoms with Crippen molar-refractivity contribution in [2.75, 3.05) is 13.2 Å². The highest BCUT2D eigenvalue weighted by Crippen LogP contribution is 2.23. The predicted molar refractivity (Wildman–Crippen MR) is 89.9 cm³/mol. The van der Waals surface area contributed by atoms with Gasteiger partial charge in [-0.1, -0.05) is 26.7 Å². The van der Waals surface area contributed by atoms with Gasteiger partial charge in [0.25, 0.3) is 5.91 Å². The molecule has 0 saturated heterocycles. The molecule has 5 nitrogen and oxygen atoms in total. The summed E-state index contributed by atoms with van der Waals surface area (Å²) in [6.45, 7) is 4.74. The molecular formula is C18H23NO4. The molecule has 0 fully saturated rings. The fourth-order valence-electron chi connectivity index (χ4n) is 2.38. The van der Waals surface area contributed by atoms with Crippen LogP contribution in [0, 0.1) is 0 Å². The van der Waals surface area contributed by atoms with Gasteiger partial charge in [0, 0.05) is 24.1 Å². The first-order valence-electron chi connectivity index (χ1n) is 8.10. The van der Waals surface area contributed by atoms with Crippen LogP contribution in [0.25, 0.3) is 11.0 Å². The van der Waals surface area contributed by atoms with E-state index in [-0.39, 0.29) is 18.1 Å². The molecule has 0 saturated carbocycles. The minimum atomic E-state index is -0.365. The van der Waals surface area contributed by atoms with E-state index in [0.717, 1.165) is 36.6 Å². The van der Waals surface area contributed by atoms with E-state index in [9.17, 15) is 9.59 Å². The van der Waals surface area contributed by atoms with E-state index in [1.165, 1.54) is 6.07 Å². The largest absolute Gasteiger partial charge is 0.484 e. The molecule has 1 amide bonds. The lowest BCUT2D eigenvalue weighted by Crippen LogP contribution is -2.29. The van der Waals surface area contributed by atoms with Crippen LogP contribution in [0.4, 0.5) is 0 Å². The molecule has 124 valence electrons. The Labute approximate surface area is 135 Å². The molecule has 5 heteroatoms. The molecule has 0 radical (unpaired) electrons.